The highest BCUT2D eigenvalue weighted by Gasteiger charge is 1.91. The molecule has 0 aliphatic carbocycles. The third kappa shape index (κ3) is 22.4. The largest absolute Gasteiger partial charge is 0.480 e. The summed E-state index contributed by atoms with van der Waals surface area (Å²) in [4.78, 5) is 19.1. The molecule has 0 bridgehead atoms. The van der Waals surface area contributed by atoms with Crippen LogP contribution in [0.3, 0.4) is 0 Å². The lowest BCUT2D eigenvalue weighted by atomic mass is 10.4. The number of aliphatic carboxylic acids is 2. The molecule has 7 heteroatoms. The maximum Gasteiger partial charge on any atom is 0.317 e. The minimum Gasteiger partial charge on any atom is -0.480 e. The molecular formula is C7H17N3O4. The molecule has 0 radical (unpaired) electrons. The highest BCUT2D eigenvalue weighted by atomic mass is 16.4. The molecule has 84 valence electrons. The summed E-state index contributed by atoms with van der Waals surface area (Å²) in [7, 11) is 0. The SMILES string of the molecule is NCC(=O)O.NCCCNCC(=O)O. The normalized spacial score (nSPS) is 8.71. The fraction of sp³-hybridized carbons (Fsp3) is 0.714. The predicted octanol–water partition coefficient (Wildman–Crippen LogP) is -1.96. The number of hydrogen-bond acceptors (Lipinski definition) is 5. The van der Waals surface area contributed by atoms with Gasteiger partial charge in [0.1, 0.15) is 0 Å². The number of carboxylic acid groups (broad SMARTS) is 2. The third-order valence-electron chi connectivity index (χ3n) is 1.01. The lowest BCUT2D eigenvalue weighted by molar-refractivity contribution is -0.136. The second kappa shape index (κ2) is 11.8. The van der Waals surface area contributed by atoms with Gasteiger partial charge in [-0.1, -0.05) is 0 Å². The van der Waals surface area contributed by atoms with E-state index in [0.29, 0.717) is 13.1 Å². The van der Waals surface area contributed by atoms with Gasteiger partial charge in [-0.05, 0) is 19.5 Å². The smallest absolute Gasteiger partial charge is 0.317 e. The summed E-state index contributed by atoms with van der Waals surface area (Å²) >= 11 is 0. The average molecular weight is 207 g/mol. The van der Waals surface area contributed by atoms with Gasteiger partial charge in [0.25, 0.3) is 0 Å². The number of hydrogen-bond donors (Lipinski definition) is 5. The van der Waals surface area contributed by atoms with Crippen LogP contribution in [0.15, 0.2) is 0 Å². The van der Waals surface area contributed by atoms with E-state index in [1.165, 1.54) is 0 Å². The zero-order chi connectivity index (χ0) is 11.4. The highest BCUT2D eigenvalue weighted by molar-refractivity contribution is 5.69. The van der Waals surface area contributed by atoms with Crippen LogP contribution in [-0.4, -0.2) is 48.3 Å². The molecule has 0 heterocycles. The van der Waals surface area contributed by atoms with E-state index in [4.69, 9.17) is 15.9 Å². The Hall–Kier alpha value is -1.18. The number of carbonyl (C=O) groups is 2. The number of nitrogens with one attached hydrogen (secondary N) is 1. The van der Waals surface area contributed by atoms with Gasteiger partial charge < -0.3 is 27.0 Å². The van der Waals surface area contributed by atoms with Crippen molar-refractivity contribution in [3.63, 3.8) is 0 Å². The molecule has 7 nitrogen and oxygen atoms in total. The van der Waals surface area contributed by atoms with Gasteiger partial charge in [0.15, 0.2) is 0 Å². The van der Waals surface area contributed by atoms with E-state index < -0.39 is 11.9 Å². The van der Waals surface area contributed by atoms with Crippen molar-refractivity contribution in [1.29, 1.82) is 0 Å². The number of rotatable bonds is 6. The summed E-state index contributed by atoms with van der Waals surface area (Å²) in [5.74, 6) is -1.79. The van der Waals surface area contributed by atoms with Crippen LogP contribution >= 0.6 is 0 Å². The summed E-state index contributed by atoms with van der Waals surface area (Å²) in [6.45, 7) is 1.04. The molecule has 0 saturated carbocycles. The van der Waals surface area contributed by atoms with E-state index in [2.05, 4.69) is 11.1 Å². The van der Waals surface area contributed by atoms with Gasteiger partial charge in [0, 0.05) is 0 Å². The van der Waals surface area contributed by atoms with Crippen molar-refractivity contribution in [3.05, 3.63) is 0 Å². The number of nitrogens with two attached hydrogens (primary N) is 2. The van der Waals surface area contributed by atoms with E-state index in [9.17, 15) is 9.59 Å². The Morgan fingerprint density at radius 2 is 1.64 bits per heavy atom. The Kier molecular flexibility index (Phi) is 12.9. The predicted molar refractivity (Wildman–Crippen MR) is 50.9 cm³/mol. The second-order valence-electron chi connectivity index (χ2n) is 2.31. The van der Waals surface area contributed by atoms with Crippen molar-refractivity contribution in [3.8, 4) is 0 Å². The Balaban J connectivity index is 0. The van der Waals surface area contributed by atoms with Gasteiger partial charge in [-0.3, -0.25) is 9.59 Å². The zero-order valence-corrected chi connectivity index (χ0v) is 7.90. The van der Waals surface area contributed by atoms with Crippen molar-refractivity contribution in [1.82, 2.24) is 5.32 Å². The molecule has 0 rings (SSSR count). The highest BCUT2D eigenvalue weighted by Crippen LogP contribution is 1.68. The van der Waals surface area contributed by atoms with Crippen molar-refractivity contribution < 1.29 is 19.8 Å². The van der Waals surface area contributed by atoms with Crippen LogP contribution in [0.5, 0.6) is 0 Å². The van der Waals surface area contributed by atoms with Crippen LogP contribution < -0.4 is 16.8 Å². The average Bonchev–Trinajstić information content (AvgIpc) is 2.13. The minimum atomic E-state index is -0.968. The van der Waals surface area contributed by atoms with Crippen molar-refractivity contribution in [2.75, 3.05) is 26.2 Å². The first-order valence-electron chi connectivity index (χ1n) is 4.09. The van der Waals surface area contributed by atoms with Crippen LogP contribution in [-0.2, 0) is 9.59 Å². The third-order valence-corrected chi connectivity index (χ3v) is 1.01. The van der Waals surface area contributed by atoms with E-state index in [1.807, 2.05) is 0 Å². The topological polar surface area (TPSA) is 139 Å². The zero-order valence-electron chi connectivity index (χ0n) is 7.90. The maximum absolute atomic E-state index is 9.87. The molecule has 0 unspecified atom stereocenters. The van der Waals surface area contributed by atoms with Crippen LogP contribution in [0.25, 0.3) is 0 Å². The Morgan fingerprint density at radius 1 is 1.14 bits per heavy atom. The van der Waals surface area contributed by atoms with Crippen LogP contribution in [0, 0.1) is 0 Å². The first-order chi connectivity index (χ1) is 6.54. The molecule has 0 atom stereocenters. The molecule has 14 heavy (non-hydrogen) atoms. The van der Waals surface area contributed by atoms with E-state index in [0.717, 1.165) is 6.42 Å². The van der Waals surface area contributed by atoms with Crippen molar-refractivity contribution in [2.45, 2.75) is 6.42 Å². The molecule has 0 aliphatic heterocycles. The Labute approximate surface area is 82.1 Å². The van der Waals surface area contributed by atoms with Crippen molar-refractivity contribution in [2.24, 2.45) is 11.5 Å². The quantitative estimate of drug-likeness (QED) is 0.319. The Bertz CT molecular complexity index is 163. The van der Waals surface area contributed by atoms with Gasteiger partial charge in [0.05, 0.1) is 13.1 Å². The van der Waals surface area contributed by atoms with Crippen LogP contribution in [0.1, 0.15) is 6.42 Å². The fourth-order valence-electron chi connectivity index (χ4n) is 0.422. The maximum atomic E-state index is 9.87. The van der Waals surface area contributed by atoms with E-state index in [1.54, 1.807) is 0 Å². The number of carboxylic acids is 2. The fourth-order valence-corrected chi connectivity index (χ4v) is 0.422. The molecule has 0 aromatic carbocycles. The van der Waals surface area contributed by atoms with E-state index in [-0.39, 0.29) is 13.1 Å². The minimum absolute atomic E-state index is 0.0278. The second-order valence-corrected chi connectivity index (χ2v) is 2.31. The molecule has 0 fully saturated rings. The van der Waals surface area contributed by atoms with Crippen molar-refractivity contribution >= 4 is 11.9 Å². The summed E-state index contributed by atoms with van der Waals surface area (Å²) in [5, 5.41) is 18.4. The molecule has 7 N–H and O–H groups in total. The molecule has 0 amide bonds. The molecule has 0 spiro atoms. The lowest BCUT2D eigenvalue weighted by Gasteiger charge is -1.96. The monoisotopic (exact) mass is 207 g/mol. The molecular weight excluding hydrogens is 190 g/mol. The van der Waals surface area contributed by atoms with Crippen LogP contribution in [0.4, 0.5) is 0 Å². The summed E-state index contributed by atoms with van der Waals surface area (Å²) in [6.07, 6.45) is 0.827. The molecule has 0 aliphatic rings. The van der Waals surface area contributed by atoms with Gasteiger partial charge >= 0.3 is 11.9 Å². The van der Waals surface area contributed by atoms with Gasteiger partial charge in [-0.2, -0.15) is 0 Å². The van der Waals surface area contributed by atoms with Gasteiger partial charge in [-0.25, -0.2) is 0 Å². The van der Waals surface area contributed by atoms with Crippen LogP contribution in [0.2, 0.25) is 0 Å². The standard InChI is InChI=1S/C5H12N2O2.C2H5NO2/c6-2-1-3-7-4-5(8)9;3-1-2(4)5/h7H,1-4,6H2,(H,8,9);1,3H2,(H,4,5). The Morgan fingerprint density at radius 3 is 1.93 bits per heavy atom. The first-order valence-corrected chi connectivity index (χ1v) is 4.09. The summed E-state index contributed by atoms with van der Waals surface area (Å²) in [6, 6.07) is 0. The molecule has 0 saturated heterocycles. The van der Waals surface area contributed by atoms with Gasteiger partial charge in [-0.15, -0.1) is 0 Å². The summed E-state index contributed by atoms with van der Waals surface area (Å²) < 4.78 is 0. The van der Waals surface area contributed by atoms with E-state index >= 15 is 0 Å². The summed E-state index contributed by atoms with van der Waals surface area (Å²) in [5.41, 5.74) is 9.73. The molecule has 0 aromatic heterocycles. The molecule has 0 aromatic rings. The first kappa shape index (κ1) is 15.3. The lowest BCUT2D eigenvalue weighted by Crippen LogP contribution is -2.24. The van der Waals surface area contributed by atoms with Gasteiger partial charge in [0.2, 0.25) is 0 Å².